The van der Waals surface area contributed by atoms with Gasteiger partial charge in [0.05, 0.1) is 0 Å². The highest BCUT2D eigenvalue weighted by Gasteiger charge is 2.13. The molecule has 2 rings (SSSR count). The average Bonchev–Trinajstić information content (AvgIpc) is 2.52. The lowest BCUT2D eigenvalue weighted by Crippen LogP contribution is -2.10. The number of hydrogen-bond acceptors (Lipinski definition) is 1. The SMILES string of the molecule is Cc1c(CN)n(C(C)C)c2ccccc12. The van der Waals surface area contributed by atoms with Crippen LogP contribution in [0.15, 0.2) is 24.3 Å². The highest BCUT2D eigenvalue weighted by atomic mass is 15.0. The first-order valence-electron chi connectivity index (χ1n) is 5.45. The lowest BCUT2D eigenvalue weighted by Gasteiger charge is -2.13. The van der Waals surface area contributed by atoms with E-state index in [1.807, 2.05) is 0 Å². The third-order valence-corrected chi connectivity index (χ3v) is 3.00. The lowest BCUT2D eigenvalue weighted by atomic mass is 10.1. The number of para-hydroxylation sites is 1. The van der Waals surface area contributed by atoms with Crippen LogP contribution in [-0.4, -0.2) is 4.57 Å². The molecule has 0 saturated heterocycles. The van der Waals surface area contributed by atoms with E-state index in [1.165, 1.54) is 22.2 Å². The van der Waals surface area contributed by atoms with Gasteiger partial charge >= 0.3 is 0 Å². The molecule has 80 valence electrons. The molecule has 0 bridgehead atoms. The number of nitrogens with zero attached hydrogens (tertiary/aromatic N) is 1. The first-order chi connectivity index (χ1) is 7.16. The molecule has 2 nitrogen and oxygen atoms in total. The van der Waals surface area contributed by atoms with Crippen molar-refractivity contribution in [2.75, 3.05) is 0 Å². The molecule has 1 aromatic carbocycles. The third-order valence-electron chi connectivity index (χ3n) is 3.00. The van der Waals surface area contributed by atoms with Crippen molar-refractivity contribution in [3.63, 3.8) is 0 Å². The van der Waals surface area contributed by atoms with E-state index in [1.54, 1.807) is 0 Å². The molecule has 15 heavy (non-hydrogen) atoms. The zero-order chi connectivity index (χ0) is 11.0. The summed E-state index contributed by atoms with van der Waals surface area (Å²) in [5, 5.41) is 1.33. The van der Waals surface area contributed by atoms with Crippen LogP contribution in [0.25, 0.3) is 10.9 Å². The van der Waals surface area contributed by atoms with Crippen molar-refractivity contribution in [3.05, 3.63) is 35.5 Å². The van der Waals surface area contributed by atoms with E-state index in [4.69, 9.17) is 5.73 Å². The number of aryl methyl sites for hydroxylation is 1. The summed E-state index contributed by atoms with van der Waals surface area (Å²) < 4.78 is 2.34. The Bertz CT molecular complexity index is 480. The summed E-state index contributed by atoms with van der Waals surface area (Å²) in [5.74, 6) is 0. The van der Waals surface area contributed by atoms with E-state index in [0.717, 1.165) is 0 Å². The molecule has 0 atom stereocenters. The standard InChI is InChI=1S/C13H18N2/c1-9(2)15-12-7-5-4-6-11(12)10(3)13(15)8-14/h4-7,9H,8,14H2,1-3H3. The Kier molecular flexibility index (Phi) is 2.53. The number of aromatic nitrogens is 1. The number of rotatable bonds is 2. The Balaban J connectivity index is 2.85. The summed E-state index contributed by atoms with van der Waals surface area (Å²) in [5.41, 5.74) is 9.71. The number of fused-ring (bicyclic) bond motifs is 1. The summed E-state index contributed by atoms with van der Waals surface area (Å²) in [6.45, 7) is 7.16. The van der Waals surface area contributed by atoms with Crippen LogP contribution in [0.5, 0.6) is 0 Å². The second-order valence-corrected chi connectivity index (χ2v) is 4.26. The van der Waals surface area contributed by atoms with Gasteiger partial charge in [0.15, 0.2) is 0 Å². The van der Waals surface area contributed by atoms with Gasteiger partial charge in [-0.15, -0.1) is 0 Å². The maximum Gasteiger partial charge on any atom is 0.0488 e. The molecular formula is C13H18N2. The monoisotopic (exact) mass is 202 g/mol. The van der Waals surface area contributed by atoms with Gasteiger partial charge < -0.3 is 10.3 Å². The van der Waals surface area contributed by atoms with E-state index in [2.05, 4.69) is 49.6 Å². The van der Waals surface area contributed by atoms with Gasteiger partial charge in [-0.2, -0.15) is 0 Å². The molecule has 0 fully saturated rings. The summed E-state index contributed by atoms with van der Waals surface area (Å²) in [7, 11) is 0. The second-order valence-electron chi connectivity index (χ2n) is 4.26. The second kappa shape index (κ2) is 3.70. The van der Waals surface area contributed by atoms with Gasteiger partial charge in [-0.3, -0.25) is 0 Å². The van der Waals surface area contributed by atoms with E-state index >= 15 is 0 Å². The molecule has 2 aromatic rings. The molecule has 0 amide bonds. The molecule has 0 unspecified atom stereocenters. The third kappa shape index (κ3) is 1.45. The molecule has 2 N–H and O–H groups in total. The average molecular weight is 202 g/mol. The predicted octanol–water partition coefficient (Wildman–Crippen LogP) is 2.99. The van der Waals surface area contributed by atoms with Crippen LogP contribution in [0.1, 0.15) is 31.1 Å². The van der Waals surface area contributed by atoms with Crippen molar-refractivity contribution in [2.24, 2.45) is 5.73 Å². The van der Waals surface area contributed by atoms with Crippen LogP contribution in [-0.2, 0) is 6.54 Å². The van der Waals surface area contributed by atoms with Crippen LogP contribution in [0.3, 0.4) is 0 Å². The largest absolute Gasteiger partial charge is 0.341 e. The maximum absolute atomic E-state index is 5.83. The fourth-order valence-electron chi connectivity index (χ4n) is 2.32. The van der Waals surface area contributed by atoms with Crippen LogP contribution in [0, 0.1) is 6.92 Å². The van der Waals surface area contributed by atoms with Crippen molar-refractivity contribution in [2.45, 2.75) is 33.4 Å². The van der Waals surface area contributed by atoms with Crippen LogP contribution in [0.4, 0.5) is 0 Å². The Hall–Kier alpha value is -1.28. The van der Waals surface area contributed by atoms with E-state index in [-0.39, 0.29) is 0 Å². The fourth-order valence-corrected chi connectivity index (χ4v) is 2.32. The Labute approximate surface area is 90.7 Å². The zero-order valence-electron chi connectivity index (χ0n) is 9.62. The van der Waals surface area contributed by atoms with E-state index in [9.17, 15) is 0 Å². The first kappa shape index (κ1) is 10.2. The summed E-state index contributed by atoms with van der Waals surface area (Å²) in [6, 6.07) is 8.97. The molecular weight excluding hydrogens is 184 g/mol. The summed E-state index contributed by atoms with van der Waals surface area (Å²) in [6.07, 6.45) is 0. The van der Waals surface area contributed by atoms with Crippen LogP contribution in [0.2, 0.25) is 0 Å². The Morgan fingerprint density at radius 2 is 1.93 bits per heavy atom. The lowest BCUT2D eigenvalue weighted by molar-refractivity contribution is 0.593. The highest BCUT2D eigenvalue weighted by Crippen LogP contribution is 2.28. The molecule has 1 heterocycles. The minimum absolute atomic E-state index is 0.460. The molecule has 0 aliphatic rings. The number of hydrogen-bond donors (Lipinski definition) is 1. The van der Waals surface area contributed by atoms with Gasteiger partial charge in [0.2, 0.25) is 0 Å². The van der Waals surface area contributed by atoms with E-state index in [0.29, 0.717) is 12.6 Å². The van der Waals surface area contributed by atoms with Crippen molar-refractivity contribution in [1.82, 2.24) is 4.57 Å². The molecule has 0 radical (unpaired) electrons. The molecule has 0 spiro atoms. The van der Waals surface area contributed by atoms with Gasteiger partial charge in [-0.05, 0) is 32.4 Å². The molecule has 0 saturated carbocycles. The molecule has 0 aliphatic carbocycles. The highest BCUT2D eigenvalue weighted by molar-refractivity contribution is 5.85. The maximum atomic E-state index is 5.83. The summed E-state index contributed by atoms with van der Waals surface area (Å²) in [4.78, 5) is 0. The van der Waals surface area contributed by atoms with E-state index < -0.39 is 0 Å². The molecule has 1 aromatic heterocycles. The number of nitrogens with two attached hydrogens (primary N) is 1. The number of benzene rings is 1. The Morgan fingerprint density at radius 3 is 2.53 bits per heavy atom. The van der Waals surface area contributed by atoms with Crippen LogP contribution >= 0.6 is 0 Å². The quantitative estimate of drug-likeness (QED) is 0.797. The van der Waals surface area contributed by atoms with Gasteiger partial charge in [0.25, 0.3) is 0 Å². The van der Waals surface area contributed by atoms with Gasteiger partial charge in [-0.1, -0.05) is 18.2 Å². The first-order valence-corrected chi connectivity index (χ1v) is 5.45. The fraction of sp³-hybridized carbons (Fsp3) is 0.385. The zero-order valence-corrected chi connectivity index (χ0v) is 9.62. The van der Waals surface area contributed by atoms with Gasteiger partial charge in [0.1, 0.15) is 0 Å². The van der Waals surface area contributed by atoms with Crippen molar-refractivity contribution >= 4 is 10.9 Å². The normalized spacial score (nSPS) is 11.5. The topological polar surface area (TPSA) is 30.9 Å². The smallest absolute Gasteiger partial charge is 0.0488 e. The Morgan fingerprint density at radius 1 is 1.27 bits per heavy atom. The van der Waals surface area contributed by atoms with Gasteiger partial charge in [-0.25, -0.2) is 0 Å². The minimum atomic E-state index is 0.460. The van der Waals surface area contributed by atoms with Gasteiger partial charge in [0, 0.05) is 29.2 Å². The van der Waals surface area contributed by atoms with Crippen molar-refractivity contribution < 1.29 is 0 Å². The van der Waals surface area contributed by atoms with Crippen molar-refractivity contribution in [1.29, 1.82) is 0 Å². The van der Waals surface area contributed by atoms with Crippen molar-refractivity contribution in [3.8, 4) is 0 Å². The van der Waals surface area contributed by atoms with Crippen LogP contribution < -0.4 is 5.73 Å². The summed E-state index contributed by atoms with van der Waals surface area (Å²) >= 11 is 0. The minimum Gasteiger partial charge on any atom is -0.341 e. The predicted molar refractivity (Wildman–Crippen MR) is 65.0 cm³/mol. The molecule has 2 heteroatoms. The molecule has 0 aliphatic heterocycles.